The first-order valence-electron chi connectivity index (χ1n) is 10.5. The zero-order valence-corrected chi connectivity index (χ0v) is 19.7. The normalized spacial score (nSPS) is 22.2. The third kappa shape index (κ3) is 4.83. The van der Waals surface area contributed by atoms with Gasteiger partial charge in [-0.3, -0.25) is 19.3 Å². The van der Waals surface area contributed by atoms with E-state index in [2.05, 4.69) is 5.32 Å². The Bertz CT molecular complexity index is 1090. The lowest BCUT2D eigenvalue weighted by Gasteiger charge is -2.23. The van der Waals surface area contributed by atoms with Crippen molar-refractivity contribution in [3.63, 3.8) is 0 Å². The van der Waals surface area contributed by atoms with Gasteiger partial charge in [-0.25, -0.2) is 17.5 Å². The number of allylic oxidation sites excluding steroid dienone is 2. The molecule has 33 heavy (non-hydrogen) atoms. The molecule has 2 aliphatic rings. The number of hydrogen-bond acceptors (Lipinski definition) is 7. The van der Waals surface area contributed by atoms with Gasteiger partial charge in [0.25, 0.3) is 5.91 Å². The van der Waals surface area contributed by atoms with Crippen LogP contribution in [0.4, 0.5) is 5.69 Å². The molecule has 0 spiro atoms. The molecule has 1 aromatic carbocycles. The summed E-state index contributed by atoms with van der Waals surface area (Å²) in [6.45, 7) is 2.74. The van der Waals surface area contributed by atoms with E-state index in [1.807, 2.05) is 12.2 Å². The van der Waals surface area contributed by atoms with Gasteiger partial charge in [0.15, 0.2) is 6.10 Å². The summed E-state index contributed by atoms with van der Waals surface area (Å²) in [6, 6.07) is 4.50. The summed E-state index contributed by atoms with van der Waals surface area (Å²) in [4.78, 5) is 51.3. The number of carbonyl (C=O) groups excluding carboxylic acids is 4. The molecule has 3 rings (SSSR count). The quantitative estimate of drug-likeness (QED) is 0.354. The standard InChI is InChI=1S/C22H27N3O7S/c1-13(25-20(27)17-10-5-6-11-18(17)21(25)28)22(29)32-14(2)19(26)23-15-8-7-9-16(12-15)33(30,31)24(3)4/h5-9,12-14,17-18H,10-11H2,1-4H3,(H,23,26). The van der Waals surface area contributed by atoms with Crippen LogP contribution >= 0.6 is 0 Å². The van der Waals surface area contributed by atoms with Crippen molar-refractivity contribution in [3.05, 3.63) is 36.4 Å². The SMILES string of the molecule is CC(OC(=O)C(C)N1C(=O)C2CC=CCC2C1=O)C(=O)Nc1cccc(S(=O)(=O)N(C)C)c1. The fourth-order valence-electron chi connectivity index (χ4n) is 3.83. The van der Waals surface area contributed by atoms with E-state index < -0.39 is 57.7 Å². The van der Waals surface area contributed by atoms with Crippen molar-refractivity contribution < 1.29 is 32.3 Å². The van der Waals surface area contributed by atoms with Crippen LogP contribution < -0.4 is 5.32 Å². The van der Waals surface area contributed by atoms with Crippen LogP contribution in [-0.2, 0) is 33.9 Å². The predicted molar refractivity (Wildman–Crippen MR) is 118 cm³/mol. The number of carbonyl (C=O) groups is 4. The Kier molecular flexibility index (Phi) is 7.03. The molecule has 0 bridgehead atoms. The molecule has 0 saturated carbocycles. The van der Waals surface area contributed by atoms with Crippen LogP contribution in [0.2, 0.25) is 0 Å². The van der Waals surface area contributed by atoms with Crippen LogP contribution in [0.3, 0.4) is 0 Å². The molecule has 0 radical (unpaired) electrons. The zero-order valence-electron chi connectivity index (χ0n) is 18.8. The molecule has 1 aliphatic carbocycles. The number of anilines is 1. The summed E-state index contributed by atoms with van der Waals surface area (Å²) in [5, 5.41) is 2.51. The molecule has 1 fully saturated rings. The van der Waals surface area contributed by atoms with Gasteiger partial charge in [-0.15, -0.1) is 0 Å². The molecule has 0 aromatic heterocycles. The minimum Gasteiger partial charge on any atom is -0.451 e. The van der Waals surface area contributed by atoms with Gasteiger partial charge in [-0.05, 0) is 44.9 Å². The fourth-order valence-corrected chi connectivity index (χ4v) is 4.78. The third-order valence-corrected chi connectivity index (χ3v) is 7.62. The number of hydrogen-bond donors (Lipinski definition) is 1. The predicted octanol–water partition coefficient (Wildman–Crippen LogP) is 1.15. The van der Waals surface area contributed by atoms with Crippen LogP contribution in [0.15, 0.2) is 41.3 Å². The zero-order chi connectivity index (χ0) is 24.5. The first-order valence-corrected chi connectivity index (χ1v) is 11.9. The second-order valence-corrected chi connectivity index (χ2v) is 10.4. The van der Waals surface area contributed by atoms with Crippen LogP contribution in [0, 0.1) is 11.8 Å². The molecule has 11 heteroatoms. The minimum atomic E-state index is -3.69. The molecular formula is C22H27N3O7S. The summed E-state index contributed by atoms with van der Waals surface area (Å²) in [5.41, 5.74) is 0.209. The van der Waals surface area contributed by atoms with E-state index in [4.69, 9.17) is 4.74 Å². The van der Waals surface area contributed by atoms with E-state index in [1.54, 1.807) is 0 Å². The highest BCUT2D eigenvalue weighted by Gasteiger charge is 2.50. The van der Waals surface area contributed by atoms with Crippen molar-refractivity contribution in [3.8, 4) is 0 Å². The second-order valence-electron chi connectivity index (χ2n) is 8.26. The molecule has 4 atom stereocenters. The second kappa shape index (κ2) is 9.44. The first kappa shape index (κ1) is 24.6. The van der Waals surface area contributed by atoms with Crippen molar-refractivity contribution in [2.75, 3.05) is 19.4 Å². The van der Waals surface area contributed by atoms with Gasteiger partial charge < -0.3 is 10.1 Å². The van der Waals surface area contributed by atoms with Gasteiger partial charge in [0.1, 0.15) is 6.04 Å². The van der Waals surface area contributed by atoms with E-state index >= 15 is 0 Å². The Morgan fingerprint density at radius 1 is 1.09 bits per heavy atom. The van der Waals surface area contributed by atoms with Crippen LogP contribution in [-0.4, -0.2) is 67.6 Å². The Balaban J connectivity index is 1.64. The van der Waals surface area contributed by atoms with Crippen molar-refractivity contribution in [1.82, 2.24) is 9.21 Å². The Morgan fingerprint density at radius 3 is 2.21 bits per heavy atom. The van der Waals surface area contributed by atoms with E-state index in [9.17, 15) is 27.6 Å². The summed E-state index contributed by atoms with van der Waals surface area (Å²) >= 11 is 0. The lowest BCUT2D eigenvalue weighted by Crippen LogP contribution is -2.46. The van der Waals surface area contributed by atoms with Crippen molar-refractivity contribution in [2.24, 2.45) is 11.8 Å². The van der Waals surface area contributed by atoms with E-state index in [-0.39, 0.29) is 10.6 Å². The molecule has 3 amide bonds. The number of imide groups is 1. The van der Waals surface area contributed by atoms with Gasteiger partial charge in [-0.1, -0.05) is 18.2 Å². The Labute approximate surface area is 192 Å². The number of fused-ring (bicyclic) bond motifs is 1. The summed E-state index contributed by atoms with van der Waals surface area (Å²) in [6.07, 6.45) is 3.36. The fraction of sp³-hybridized carbons (Fsp3) is 0.455. The van der Waals surface area contributed by atoms with Crippen molar-refractivity contribution >= 4 is 39.4 Å². The van der Waals surface area contributed by atoms with Crippen molar-refractivity contribution in [1.29, 1.82) is 0 Å². The maximum absolute atomic E-state index is 12.6. The van der Waals surface area contributed by atoms with Crippen LogP contribution in [0.1, 0.15) is 26.7 Å². The number of amides is 3. The van der Waals surface area contributed by atoms with E-state index in [0.717, 1.165) is 9.21 Å². The number of benzene rings is 1. The average molecular weight is 478 g/mol. The average Bonchev–Trinajstić information content (AvgIpc) is 3.03. The van der Waals surface area contributed by atoms with Gasteiger partial charge in [0, 0.05) is 19.8 Å². The summed E-state index contributed by atoms with van der Waals surface area (Å²) in [7, 11) is -0.905. The van der Waals surface area contributed by atoms with Crippen LogP contribution in [0.5, 0.6) is 0 Å². The lowest BCUT2D eigenvalue weighted by atomic mass is 9.85. The molecule has 1 heterocycles. The number of likely N-dealkylation sites (tertiary alicyclic amines) is 1. The molecule has 4 unspecified atom stereocenters. The number of ether oxygens (including phenoxy) is 1. The largest absolute Gasteiger partial charge is 0.451 e. The van der Waals surface area contributed by atoms with E-state index in [1.165, 1.54) is 52.2 Å². The smallest absolute Gasteiger partial charge is 0.329 e. The topological polar surface area (TPSA) is 130 Å². The van der Waals surface area contributed by atoms with Crippen LogP contribution in [0.25, 0.3) is 0 Å². The Hall–Kier alpha value is -3.05. The third-order valence-electron chi connectivity index (χ3n) is 5.81. The summed E-state index contributed by atoms with van der Waals surface area (Å²) in [5.74, 6) is -3.32. The van der Waals surface area contributed by atoms with Crippen molar-refractivity contribution in [2.45, 2.75) is 43.7 Å². The molecular weight excluding hydrogens is 450 g/mol. The molecule has 1 saturated heterocycles. The maximum Gasteiger partial charge on any atom is 0.329 e. The molecule has 1 aliphatic heterocycles. The monoisotopic (exact) mass is 477 g/mol. The van der Waals surface area contributed by atoms with Gasteiger partial charge >= 0.3 is 5.97 Å². The summed E-state index contributed by atoms with van der Waals surface area (Å²) < 4.78 is 30.8. The maximum atomic E-state index is 12.6. The minimum absolute atomic E-state index is 0.00872. The number of esters is 1. The van der Waals surface area contributed by atoms with Gasteiger partial charge in [-0.2, -0.15) is 0 Å². The van der Waals surface area contributed by atoms with E-state index in [0.29, 0.717) is 12.8 Å². The molecule has 1 N–H and O–H groups in total. The van der Waals surface area contributed by atoms with Gasteiger partial charge in [0.05, 0.1) is 16.7 Å². The Morgan fingerprint density at radius 2 is 1.67 bits per heavy atom. The molecule has 1 aromatic rings. The molecule has 178 valence electrons. The first-order chi connectivity index (χ1) is 15.4. The lowest BCUT2D eigenvalue weighted by molar-refractivity contribution is -0.163. The number of nitrogens with zero attached hydrogens (tertiary/aromatic N) is 2. The highest BCUT2D eigenvalue weighted by Crippen LogP contribution is 2.36. The number of sulfonamides is 1. The number of rotatable bonds is 7. The number of nitrogens with one attached hydrogen (secondary N) is 1. The highest BCUT2D eigenvalue weighted by atomic mass is 32.2. The highest BCUT2D eigenvalue weighted by molar-refractivity contribution is 7.89. The molecule has 10 nitrogen and oxygen atoms in total. The van der Waals surface area contributed by atoms with Gasteiger partial charge in [0.2, 0.25) is 21.8 Å².